The summed E-state index contributed by atoms with van der Waals surface area (Å²) in [5.41, 5.74) is 1.26. The normalized spacial score (nSPS) is 14.3. The van der Waals surface area contributed by atoms with Gasteiger partial charge in [-0.1, -0.05) is 11.3 Å². The van der Waals surface area contributed by atoms with Crippen LogP contribution in [-0.2, 0) is 0 Å². The average molecular weight is 399 g/mol. The molecule has 0 saturated carbocycles. The molecule has 0 radical (unpaired) electrons. The number of hydrogen-bond donors (Lipinski definition) is 0. The van der Waals surface area contributed by atoms with Crippen molar-refractivity contribution in [2.75, 3.05) is 31.1 Å². The second kappa shape index (κ2) is 7.35. The molecule has 1 fully saturated rings. The van der Waals surface area contributed by atoms with Crippen LogP contribution in [0.2, 0.25) is 0 Å². The maximum absolute atomic E-state index is 12.9. The quantitative estimate of drug-likeness (QED) is 0.487. The minimum absolute atomic E-state index is 0.0430. The summed E-state index contributed by atoms with van der Waals surface area (Å²) in [4.78, 5) is 31.6. The van der Waals surface area contributed by atoms with Crippen molar-refractivity contribution in [3.8, 4) is 5.69 Å². The van der Waals surface area contributed by atoms with E-state index in [2.05, 4.69) is 20.2 Å². The third-order valence-corrected chi connectivity index (χ3v) is 5.47. The van der Waals surface area contributed by atoms with Crippen molar-refractivity contribution in [2.45, 2.75) is 6.92 Å². The van der Waals surface area contributed by atoms with E-state index in [1.165, 1.54) is 16.8 Å². The first-order valence-electron chi connectivity index (χ1n) is 8.65. The van der Waals surface area contributed by atoms with Crippen molar-refractivity contribution in [2.24, 2.45) is 0 Å². The van der Waals surface area contributed by atoms with Gasteiger partial charge in [0.2, 0.25) is 0 Å². The SMILES string of the molecule is Cc1c(C(=O)N2CCN(c3nccs3)CC2)nnn1-c1cccc([N+](=O)[O-])c1. The van der Waals surface area contributed by atoms with Crippen LogP contribution in [0.4, 0.5) is 10.8 Å². The van der Waals surface area contributed by atoms with Crippen molar-refractivity contribution in [3.05, 3.63) is 57.3 Å². The molecular formula is C17H17N7O3S. The fourth-order valence-corrected chi connectivity index (χ4v) is 3.83. The van der Waals surface area contributed by atoms with Gasteiger partial charge >= 0.3 is 0 Å². The molecule has 0 bridgehead atoms. The van der Waals surface area contributed by atoms with Gasteiger partial charge in [0, 0.05) is 49.9 Å². The fraction of sp³-hybridized carbons (Fsp3) is 0.294. The summed E-state index contributed by atoms with van der Waals surface area (Å²) in [7, 11) is 0. The number of hydrogen-bond acceptors (Lipinski definition) is 8. The van der Waals surface area contributed by atoms with E-state index in [0.717, 1.165) is 5.13 Å². The van der Waals surface area contributed by atoms with E-state index in [0.29, 0.717) is 37.6 Å². The average Bonchev–Trinajstić information content (AvgIpc) is 3.38. The van der Waals surface area contributed by atoms with Crippen LogP contribution in [0.25, 0.3) is 5.69 Å². The molecule has 3 heterocycles. The molecular weight excluding hydrogens is 382 g/mol. The fourth-order valence-electron chi connectivity index (χ4n) is 3.13. The predicted molar refractivity (Wildman–Crippen MR) is 103 cm³/mol. The highest BCUT2D eigenvalue weighted by Gasteiger charge is 2.27. The van der Waals surface area contributed by atoms with Crippen LogP contribution in [0, 0.1) is 17.0 Å². The Morgan fingerprint density at radius 1 is 1.25 bits per heavy atom. The number of nitro benzene ring substituents is 1. The van der Waals surface area contributed by atoms with E-state index in [9.17, 15) is 14.9 Å². The Morgan fingerprint density at radius 2 is 2.04 bits per heavy atom. The minimum Gasteiger partial charge on any atom is -0.345 e. The Morgan fingerprint density at radius 3 is 2.71 bits per heavy atom. The van der Waals surface area contributed by atoms with Crippen molar-refractivity contribution in [1.82, 2.24) is 24.9 Å². The topological polar surface area (TPSA) is 110 Å². The number of nitrogens with zero attached hydrogens (tertiary/aromatic N) is 7. The minimum atomic E-state index is -0.468. The van der Waals surface area contributed by atoms with Gasteiger partial charge in [-0.15, -0.1) is 16.4 Å². The van der Waals surface area contributed by atoms with Crippen LogP contribution >= 0.6 is 11.3 Å². The van der Waals surface area contributed by atoms with Crippen LogP contribution < -0.4 is 4.90 Å². The maximum Gasteiger partial charge on any atom is 0.276 e. The van der Waals surface area contributed by atoms with Crippen LogP contribution in [0.1, 0.15) is 16.2 Å². The Kier molecular flexibility index (Phi) is 4.74. The number of nitro groups is 1. The van der Waals surface area contributed by atoms with Crippen LogP contribution in [-0.4, -0.2) is 61.9 Å². The number of carbonyl (C=O) groups is 1. The maximum atomic E-state index is 12.9. The van der Waals surface area contributed by atoms with Crippen molar-refractivity contribution in [3.63, 3.8) is 0 Å². The molecule has 4 rings (SSSR count). The zero-order valence-corrected chi connectivity index (χ0v) is 15.9. The first-order chi connectivity index (χ1) is 13.5. The highest BCUT2D eigenvalue weighted by atomic mass is 32.1. The Hall–Kier alpha value is -3.34. The molecule has 10 nitrogen and oxygen atoms in total. The molecule has 144 valence electrons. The lowest BCUT2D eigenvalue weighted by Crippen LogP contribution is -2.49. The van der Waals surface area contributed by atoms with Gasteiger partial charge < -0.3 is 9.80 Å². The molecule has 0 unspecified atom stereocenters. The molecule has 1 amide bonds. The van der Waals surface area contributed by atoms with E-state index in [-0.39, 0.29) is 17.3 Å². The molecule has 2 aromatic heterocycles. The Bertz CT molecular complexity index is 1010. The van der Waals surface area contributed by atoms with Gasteiger partial charge in [0.1, 0.15) is 0 Å². The number of piperazine rings is 1. The summed E-state index contributed by atoms with van der Waals surface area (Å²) in [6.07, 6.45) is 1.77. The third kappa shape index (κ3) is 3.31. The number of amides is 1. The van der Waals surface area contributed by atoms with Gasteiger partial charge in [0.25, 0.3) is 11.6 Å². The second-order valence-electron chi connectivity index (χ2n) is 6.31. The van der Waals surface area contributed by atoms with Crippen molar-refractivity contribution < 1.29 is 9.72 Å². The van der Waals surface area contributed by atoms with E-state index < -0.39 is 4.92 Å². The van der Waals surface area contributed by atoms with Crippen molar-refractivity contribution >= 4 is 28.1 Å². The first-order valence-corrected chi connectivity index (χ1v) is 9.53. The lowest BCUT2D eigenvalue weighted by Gasteiger charge is -2.34. The molecule has 1 saturated heterocycles. The van der Waals surface area contributed by atoms with Gasteiger partial charge in [-0.25, -0.2) is 9.67 Å². The smallest absolute Gasteiger partial charge is 0.276 e. The standard InChI is InChI=1S/C17H17N7O3S/c1-12-15(19-20-23(12)13-3-2-4-14(11-13)24(26)27)16(25)21-6-8-22(9-7-21)17-18-5-10-28-17/h2-5,10-11H,6-9H2,1H3. The molecule has 11 heteroatoms. The lowest BCUT2D eigenvalue weighted by molar-refractivity contribution is -0.384. The van der Waals surface area contributed by atoms with Gasteiger partial charge in [-0.05, 0) is 13.0 Å². The summed E-state index contributed by atoms with van der Waals surface area (Å²) >= 11 is 1.58. The number of thiazole rings is 1. The number of non-ortho nitro benzene ring substituents is 1. The molecule has 0 atom stereocenters. The van der Waals surface area contributed by atoms with Gasteiger partial charge in [-0.3, -0.25) is 14.9 Å². The van der Waals surface area contributed by atoms with Gasteiger partial charge in [0.15, 0.2) is 10.8 Å². The molecule has 1 aromatic carbocycles. The van der Waals surface area contributed by atoms with Crippen LogP contribution in [0.5, 0.6) is 0 Å². The van der Waals surface area contributed by atoms with E-state index >= 15 is 0 Å². The zero-order valence-electron chi connectivity index (χ0n) is 15.1. The predicted octanol–water partition coefficient (Wildman–Crippen LogP) is 1.90. The molecule has 0 N–H and O–H groups in total. The van der Waals surface area contributed by atoms with Crippen molar-refractivity contribution in [1.29, 1.82) is 0 Å². The summed E-state index contributed by atoms with van der Waals surface area (Å²) in [5, 5.41) is 22.0. The van der Waals surface area contributed by atoms with E-state index in [1.54, 1.807) is 41.5 Å². The Labute approximate surface area is 164 Å². The molecule has 1 aliphatic rings. The van der Waals surface area contributed by atoms with E-state index in [4.69, 9.17) is 0 Å². The zero-order chi connectivity index (χ0) is 19.7. The summed E-state index contributed by atoms with van der Waals surface area (Å²) < 4.78 is 1.45. The molecule has 3 aromatic rings. The third-order valence-electron chi connectivity index (χ3n) is 4.64. The summed E-state index contributed by atoms with van der Waals surface area (Å²) in [6, 6.07) is 6.08. The number of aromatic nitrogens is 4. The monoisotopic (exact) mass is 399 g/mol. The van der Waals surface area contributed by atoms with Crippen LogP contribution in [0.15, 0.2) is 35.8 Å². The largest absolute Gasteiger partial charge is 0.345 e. The number of carbonyl (C=O) groups excluding carboxylic acids is 1. The molecule has 1 aliphatic heterocycles. The molecule has 0 spiro atoms. The number of benzene rings is 1. The number of rotatable bonds is 4. The first kappa shape index (κ1) is 18.0. The van der Waals surface area contributed by atoms with Crippen LogP contribution in [0.3, 0.4) is 0 Å². The van der Waals surface area contributed by atoms with E-state index in [1.807, 2.05) is 5.38 Å². The highest BCUT2D eigenvalue weighted by Crippen LogP contribution is 2.21. The van der Waals surface area contributed by atoms with Gasteiger partial charge in [0.05, 0.1) is 16.3 Å². The lowest BCUT2D eigenvalue weighted by atomic mass is 10.2. The highest BCUT2D eigenvalue weighted by molar-refractivity contribution is 7.13. The molecule has 0 aliphatic carbocycles. The Balaban J connectivity index is 1.51. The van der Waals surface area contributed by atoms with Gasteiger partial charge in [-0.2, -0.15) is 0 Å². The summed E-state index contributed by atoms with van der Waals surface area (Å²) in [5.74, 6) is -0.187. The summed E-state index contributed by atoms with van der Waals surface area (Å²) in [6.45, 7) is 4.29. The number of anilines is 1. The molecule has 28 heavy (non-hydrogen) atoms. The second-order valence-corrected chi connectivity index (χ2v) is 7.18.